The van der Waals surface area contributed by atoms with E-state index in [1.54, 1.807) is 0 Å². The molecular weight excluding hydrogens is 248 g/mol. The molecule has 0 amide bonds. The smallest absolute Gasteiger partial charge is 0.0526 e. The molecule has 3 nitrogen and oxygen atoms in total. The van der Waals surface area contributed by atoms with Gasteiger partial charge in [-0.05, 0) is 36.6 Å². The molecule has 108 valence electrons. The molecule has 0 aliphatic heterocycles. The van der Waals surface area contributed by atoms with Crippen molar-refractivity contribution in [3.63, 3.8) is 0 Å². The molecule has 0 spiro atoms. The van der Waals surface area contributed by atoms with Crippen LogP contribution in [0.25, 0.3) is 10.8 Å². The minimum Gasteiger partial charge on any atom is -0.393 e. The zero-order valence-corrected chi connectivity index (χ0v) is 12.2. The molecule has 0 aliphatic rings. The maximum atomic E-state index is 9.48. The fraction of sp³-hybridized carbons (Fsp3) is 0.412. The summed E-state index contributed by atoms with van der Waals surface area (Å²) in [5.41, 5.74) is 7.17. The van der Waals surface area contributed by atoms with Gasteiger partial charge in [0.2, 0.25) is 0 Å². The van der Waals surface area contributed by atoms with Crippen molar-refractivity contribution in [3.05, 3.63) is 48.0 Å². The van der Waals surface area contributed by atoms with Gasteiger partial charge in [0.1, 0.15) is 0 Å². The van der Waals surface area contributed by atoms with Crippen LogP contribution in [0.15, 0.2) is 42.5 Å². The second-order valence-electron chi connectivity index (χ2n) is 5.51. The summed E-state index contributed by atoms with van der Waals surface area (Å²) in [6.07, 6.45) is 0.421. The monoisotopic (exact) mass is 272 g/mol. The summed E-state index contributed by atoms with van der Waals surface area (Å²) in [4.78, 5) is 0. The Morgan fingerprint density at radius 2 is 1.80 bits per heavy atom. The molecule has 2 aromatic carbocycles. The van der Waals surface area contributed by atoms with Gasteiger partial charge in [-0.15, -0.1) is 0 Å². The van der Waals surface area contributed by atoms with E-state index in [1.165, 1.54) is 16.3 Å². The van der Waals surface area contributed by atoms with Crippen molar-refractivity contribution in [2.24, 2.45) is 5.73 Å². The van der Waals surface area contributed by atoms with Gasteiger partial charge in [-0.2, -0.15) is 0 Å². The van der Waals surface area contributed by atoms with Gasteiger partial charge in [0.15, 0.2) is 0 Å². The first-order valence-corrected chi connectivity index (χ1v) is 7.23. The minimum atomic E-state index is -0.302. The lowest BCUT2D eigenvalue weighted by Crippen LogP contribution is -2.36. The third-order valence-corrected chi connectivity index (χ3v) is 3.61. The minimum absolute atomic E-state index is 0.106. The molecule has 0 saturated carbocycles. The SMILES string of the molecule is CC(O)CC(C)NC(CN)c1cccc2ccccc12. The molecule has 0 aromatic heterocycles. The molecule has 0 aliphatic carbocycles. The molecule has 2 aromatic rings. The summed E-state index contributed by atoms with van der Waals surface area (Å²) < 4.78 is 0. The van der Waals surface area contributed by atoms with Crippen molar-refractivity contribution in [3.8, 4) is 0 Å². The summed E-state index contributed by atoms with van der Waals surface area (Å²) in [5, 5.41) is 15.5. The van der Waals surface area contributed by atoms with Gasteiger partial charge in [0.05, 0.1) is 6.10 Å². The largest absolute Gasteiger partial charge is 0.393 e. The number of aliphatic hydroxyl groups excluding tert-OH is 1. The van der Waals surface area contributed by atoms with Crippen molar-refractivity contribution in [2.45, 2.75) is 38.5 Å². The first-order valence-electron chi connectivity index (χ1n) is 7.23. The van der Waals surface area contributed by atoms with Gasteiger partial charge >= 0.3 is 0 Å². The Balaban J connectivity index is 2.25. The van der Waals surface area contributed by atoms with Crippen LogP contribution in [-0.2, 0) is 0 Å². The van der Waals surface area contributed by atoms with Crippen LogP contribution in [0, 0.1) is 0 Å². The van der Waals surface area contributed by atoms with E-state index in [4.69, 9.17) is 5.73 Å². The zero-order valence-electron chi connectivity index (χ0n) is 12.2. The van der Waals surface area contributed by atoms with E-state index < -0.39 is 0 Å². The van der Waals surface area contributed by atoms with Gasteiger partial charge < -0.3 is 16.2 Å². The van der Waals surface area contributed by atoms with E-state index in [0.717, 1.165) is 6.42 Å². The van der Waals surface area contributed by atoms with Gasteiger partial charge in [0.25, 0.3) is 0 Å². The first-order chi connectivity index (χ1) is 9.61. The molecule has 20 heavy (non-hydrogen) atoms. The molecule has 0 radical (unpaired) electrons. The molecule has 0 heterocycles. The molecule has 3 atom stereocenters. The fourth-order valence-electron chi connectivity index (χ4n) is 2.76. The quantitative estimate of drug-likeness (QED) is 0.757. The van der Waals surface area contributed by atoms with Gasteiger partial charge in [-0.25, -0.2) is 0 Å². The van der Waals surface area contributed by atoms with Gasteiger partial charge in [0, 0.05) is 18.6 Å². The standard InChI is InChI=1S/C17H24N2O/c1-12(10-13(2)20)19-17(11-18)16-9-5-7-14-6-3-4-8-15(14)16/h3-9,12-13,17,19-20H,10-11,18H2,1-2H3. The highest BCUT2D eigenvalue weighted by Gasteiger charge is 2.16. The molecule has 3 unspecified atom stereocenters. The number of fused-ring (bicyclic) bond motifs is 1. The highest BCUT2D eigenvalue weighted by Crippen LogP contribution is 2.24. The van der Waals surface area contributed by atoms with Gasteiger partial charge in [-0.1, -0.05) is 42.5 Å². The Bertz CT molecular complexity index is 548. The van der Waals surface area contributed by atoms with E-state index in [0.29, 0.717) is 6.54 Å². The van der Waals surface area contributed by atoms with Crippen LogP contribution in [-0.4, -0.2) is 23.8 Å². The van der Waals surface area contributed by atoms with Gasteiger partial charge in [-0.3, -0.25) is 0 Å². The van der Waals surface area contributed by atoms with Crippen molar-refractivity contribution < 1.29 is 5.11 Å². The highest BCUT2D eigenvalue weighted by atomic mass is 16.3. The van der Waals surface area contributed by atoms with E-state index >= 15 is 0 Å². The molecule has 2 rings (SSSR count). The topological polar surface area (TPSA) is 58.3 Å². The maximum absolute atomic E-state index is 9.48. The van der Waals surface area contributed by atoms with Crippen LogP contribution in [0.2, 0.25) is 0 Å². The Labute approximate surface area is 120 Å². The molecule has 0 saturated heterocycles. The lowest BCUT2D eigenvalue weighted by molar-refractivity contribution is 0.168. The summed E-state index contributed by atoms with van der Waals surface area (Å²) in [7, 11) is 0. The number of nitrogens with one attached hydrogen (secondary N) is 1. The third-order valence-electron chi connectivity index (χ3n) is 3.61. The lowest BCUT2D eigenvalue weighted by atomic mass is 9.97. The maximum Gasteiger partial charge on any atom is 0.0526 e. The molecule has 0 fully saturated rings. The van der Waals surface area contributed by atoms with E-state index in [-0.39, 0.29) is 18.2 Å². The van der Waals surface area contributed by atoms with E-state index in [9.17, 15) is 5.11 Å². The van der Waals surface area contributed by atoms with Crippen molar-refractivity contribution in [1.82, 2.24) is 5.32 Å². The summed E-state index contributed by atoms with van der Waals surface area (Å²) >= 11 is 0. The number of rotatable bonds is 6. The predicted molar refractivity (Wildman–Crippen MR) is 84.6 cm³/mol. The van der Waals surface area contributed by atoms with Crippen molar-refractivity contribution in [2.75, 3.05) is 6.54 Å². The lowest BCUT2D eigenvalue weighted by Gasteiger charge is -2.24. The average Bonchev–Trinajstić information content (AvgIpc) is 2.43. The second-order valence-corrected chi connectivity index (χ2v) is 5.51. The molecule has 4 N–H and O–H groups in total. The van der Waals surface area contributed by atoms with E-state index in [1.807, 2.05) is 13.0 Å². The Kier molecular flexibility index (Phi) is 5.12. The fourth-order valence-corrected chi connectivity index (χ4v) is 2.76. The summed E-state index contributed by atoms with van der Waals surface area (Å²) in [6.45, 7) is 4.44. The Hall–Kier alpha value is -1.42. The summed E-state index contributed by atoms with van der Waals surface area (Å²) in [6, 6.07) is 15.0. The van der Waals surface area contributed by atoms with Crippen LogP contribution < -0.4 is 11.1 Å². The summed E-state index contributed by atoms with van der Waals surface area (Å²) in [5.74, 6) is 0. The Morgan fingerprint density at radius 3 is 2.50 bits per heavy atom. The zero-order chi connectivity index (χ0) is 14.5. The number of aliphatic hydroxyl groups is 1. The molecule has 0 bridgehead atoms. The van der Waals surface area contributed by atoms with Crippen LogP contribution in [0.3, 0.4) is 0 Å². The molecule has 3 heteroatoms. The second kappa shape index (κ2) is 6.84. The molecular formula is C17H24N2O. The normalized spacial score (nSPS) is 16.0. The van der Waals surface area contributed by atoms with Crippen LogP contribution in [0.4, 0.5) is 0 Å². The number of benzene rings is 2. The average molecular weight is 272 g/mol. The predicted octanol–water partition coefficient (Wildman–Crippen LogP) is 2.59. The van der Waals surface area contributed by atoms with Crippen LogP contribution >= 0.6 is 0 Å². The number of hydrogen-bond donors (Lipinski definition) is 3. The first kappa shape index (κ1) is 15.0. The van der Waals surface area contributed by atoms with Crippen molar-refractivity contribution in [1.29, 1.82) is 0 Å². The third kappa shape index (κ3) is 3.57. The number of nitrogens with two attached hydrogens (primary N) is 1. The van der Waals surface area contributed by atoms with Crippen LogP contribution in [0.1, 0.15) is 31.9 Å². The van der Waals surface area contributed by atoms with Crippen molar-refractivity contribution >= 4 is 10.8 Å². The van der Waals surface area contributed by atoms with Crippen LogP contribution in [0.5, 0.6) is 0 Å². The van der Waals surface area contributed by atoms with E-state index in [2.05, 4.69) is 48.6 Å². The highest BCUT2D eigenvalue weighted by molar-refractivity contribution is 5.86. The Morgan fingerprint density at radius 1 is 1.10 bits per heavy atom. The number of hydrogen-bond acceptors (Lipinski definition) is 3.